The van der Waals surface area contributed by atoms with Gasteiger partial charge in [0.25, 0.3) is 0 Å². The van der Waals surface area contributed by atoms with Crippen LogP contribution in [0.4, 0.5) is 4.79 Å². The molecule has 5 nitrogen and oxygen atoms in total. The van der Waals surface area contributed by atoms with Crippen LogP contribution in [0.3, 0.4) is 0 Å². The second kappa shape index (κ2) is 10.5. The van der Waals surface area contributed by atoms with E-state index in [1.165, 1.54) is 0 Å². The lowest BCUT2D eigenvalue weighted by molar-refractivity contribution is -0.121. The minimum absolute atomic E-state index is 0.0162. The van der Waals surface area contributed by atoms with E-state index >= 15 is 0 Å². The molecule has 2 aromatic carbocycles. The first-order valence-electron chi connectivity index (χ1n) is 9.71. The van der Waals surface area contributed by atoms with Crippen molar-refractivity contribution in [1.82, 2.24) is 10.6 Å². The summed E-state index contributed by atoms with van der Waals surface area (Å²) in [6, 6.07) is 19.6. The monoisotopic (exact) mass is 382 g/mol. The van der Waals surface area contributed by atoms with E-state index in [0.717, 1.165) is 24.0 Å². The SMILES string of the molecule is CC(C)(C)OC(=O)NCCCCNC(=O)C(c1ccccc1)c1ccccc1. The third-order valence-electron chi connectivity index (χ3n) is 4.10. The van der Waals surface area contributed by atoms with Crippen LogP contribution in [0.2, 0.25) is 0 Å². The molecule has 5 heteroatoms. The van der Waals surface area contributed by atoms with Crippen molar-refractivity contribution in [3.63, 3.8) is 0 Å². The first-order chi connectivity index (χ1) is 13.4. The zero-order valence-corrected chi connectivity index (χ0v) is 16.9. The quantitative estimate of drug-likeness (QED) is 0.671. The van der Waals surface area contributed by atoms with Gasteiger partial charge < -0.3 is 15.4 Å². The zero-order valence-electron chi connectivity index (χ0n) is 16.9. The molecule has 0 spiro atoms. The number of carbonyl (C=O) groups excluding carboxylic acids is 2. The summed E-state index contributed by atoms with van der Waals surface area (Å²) in [5, 5.41) is 5.75. The molecule has 0 atom stereocenters. The molecule has 0 aliphatic heterocycles. The second-order valence-corrected chi connectivity index (χ2v) is 7.68. The predicted molar refractivity (Wildman–Crippen MR) is 111 cm³/mol. The number of rotatable bonds is 8. The normalized spacial score (nSPS) is 11.1. The van der Waals surface area contributed by atoms with E-state index in [1.54, 1.807) is 0 Å². The number of nitrogens with one attached hydrogen (secondary N) is 2. The Balaban J connectivity index is 1.81. The van der Waals surface area contributed by atoms with Gasteiger partial charge in [0.1, 0.15) is 5.60 Å². The molecule has 28 heavy (non-hydrogen) atoms. The van der Waals surface area contributed by atoms with Crippen molar-refractivity contribution < 1.29 is 14.3 Å². The average molecular weight is 383 g/mol. The van der Waals surface area contributed by atoms with Gasteiger partial charge in [0.2, 0.25) is 5.91 Å². The Kier molecular flexibility index (Phi) is 8.05. The Labute approximate surface area is 167 Å². The fraction of sp³-hybridized carbons (Fsp3) is 0.391. The second-order valence-electron chi connectivity index (χ2n) is 7.68. The molecule has 0 aliphatic carbocycles. The van der Waals surface area contributed by atoms with Crippen LogP contribution in [0.5, 0.6) is 0 Å². The minimum atomic E-state index is -0.498. The number of benzene rings is 2. The topological polar surface area (TPSA) is 67.4 Å². The number of amides is 2. The van der Waals surface area contributed by atoms with Crippen LogP contribution < -0.4 is 10.6 Å². The van der Waals surface area contributed by atoms with E-state index in [0.29, 0.717) is 13.1 Å². The molecule has 2 N–H and O–H groups in total. The maximum atomic E-state index is 12.8. The van der Waals surface area contributed by atoms with Gasteiger partial charge in [0.15, 0.2) is 0 Å². The summed E-state index contributed by atoms with van der Waals surface area (Å²) in [5.41, 5.74) is 1.44. The number of alkyl carbamates (subject to hydrolysis) is 1. The van der Waals surface area contributed by atoms with E-state index in [-0.39, 0.29) is 11.8 Å². The third kappa shape index (κ3) is 7.43. The van der Waals surface area contributed by atoms with Gasteiger partial charge in [-0.05, 0) is 44.7 Å². The third-order valence-corrected chi connectivity index (χ3v) is 4.10. The molecular formula is C23H30N2O3. The molecule has 0 aromatic heterocycles. The number of carbonyl (C=O) groups is 2. The molecule has 0 saturated heterocycles. The highest BCUT2D eigenvalue weighted by Crippen LogP contribution is 2.24. The van der Waals surface area contributed by atoms with Crippen LogP contribution >= 0.6 is 0 Å². The van der Waals surface area contributed by atoms with E-state index in [1.807, 2.05) is 81.4 Å². The van der Waals surface area contributed by atoms with Gasteiger partial charge in [-0.1, -0.05) is 60.7 Å². The molecule has 0 heterocycles. The molecule has 0 aliphatic rings. The predicted octanol–water partition coefficient (Wildman–Crippen LogP) is 4.24. The molecule has 0 saturated carbocycles. The fourth-order valence-electron chi connectivity index (χ4n) is 2.85. The summed E-state index contributed by atoms with van der Waals surface area (Å²) in [7, 11) is 0. The first-order valence-corrected chi connectivity index (χ1v) is 9.71. The van der Waals surface area contributed by atoms with Crippen LogP contribution in [0.1, 0.15) is 50.7 Å². The minimum Gasteiger partial charge on any atom is -0.444 e. The van der Waals surface area contributed by atoms with Gasteiger partial charge >= 0.3 is 6.09 Å². The van der Waals surface area contributed by atoms with E-state index in [2.05, 4.69) is 10.6 Å². The molecule has 2 amide bonds. The summed E-state index contributed by atoms with van der Waals surface area (Å²) in [6.45, 7) is 6.57. The van der Waals surface area contributed by atoms with Gasteiger partial charge in [-0.2, -0.15) is 0 Å². The summed E-state index contributed by atoms with van der Waals surface area (Å²) in [6.07, 6.45) is 1.13. The number of hydrogen-bond donors (Lipinski definition) is 2. The molecular weight excluding hydrogens is 352 g/mol. The van der Waals surface area contributed by atoms with Crippen molar-refractivity contribution >= 4 is 12.0 Å². The maximum Gasteiger partial charge on any atom is 0.407 e. The van der Waals surface area contributed by atoms with E-state index in [4.69, 9.17) is 4.74 Å². The molecule has 2 rings (SSSR count). The number of hydrogen-bond acceptors (Lipinski definition) is 3. The lowest BCUT2D eigenvalue weighted by atomic mass is 9.90. The van der Waals surface area contributed by atoms with Gasteiger partial charge in [-0.25, -0.2) is 4.79 Å². The highest BCUT2D eigenvalue weighted by Gasteiger charge is 2.22. The van der Waals surface area contributed by atoms with Crippen molar-refractivity contribution in [3.05, 3.63) is 71.8 Å². The molecule has 2 aromatic rings. The molecule has 0 bridgehead atoms. The molecule has 0 radical (unpaired) electrons. The van der Waals surface area contributed by atoms with E-state index in [9.17, 15) is 9.59 Å². The first kappa shape index (κ1) is 21.5. The Bertz CT molecular complexity index is 700. The standard InChI is InChI=1S/C23H30N2O3/c1-23(2,3)28-22(27)25-17-11-10-16-24-21(26)20(18-12-6-4-7-13-18)19-14-8-5-9-15-19/h4-9,12-15,20H,10-11,16-17H2,1-3H3,(H,24,26)(H,25,27). The number of ether oxygens (including phenoxy) is 1. The Morgan fingerprint density at radius 3 is 1.75 bits per heavy atom. The van der Waals surface area contributed by atoms with Gasteiger partial charge in [0, 0.05) is 13.1 Å². The summed E-state index contributed by atoms with van der Waals surface area (Å²) in [4.78, 5) is 24.4. The smallest absolute Gasteiger partial charge is 0.407 e. The van der Waals surface area contributed by atoms with Crippen molar-refractivity contribution in [2.24, 2.45) is 0 Å². The largest absolute Gasteiger partial charge is 0.444 e. The molecule has 0 unspecified atom stereocenters. The summed E-state index contributed by atoms with van der Waals surface area (Å²) >= 11 is 0. The molecule has 0 fully saturated rings. The van der Waals surface area contributed by atoms with Crippen LogP contribution in [0, 0.1) is 0 Å². The van der Waals surface area contributed by atoms with Crippen LogP contribution in [0.15, 0.2) is 60.7 Å². The van der Waals surface area contributed by atoms with Crippen molar-refractivity contribution in [1.29, 1.82) is 0 Å². The number of unbranched alkanes of at least 4 members (excludes halogenated alkanes) is 1. The lowest BCUT2D eigenvalue weighted by Crippen LogP contribution is -2.34. The fourth-order valence-corrected chi connectivity index (χ4v) is 2.85. The Hall–Kier alpha value is -2.82. The van der Waals surface area contributed by atoms with Crippen LogP contribution in [0.25, 0.3) is 0 Å². The molecule has 150 valence electrons. The van der Waals surface area contributed by atoms with Gasteiger partial charge in [-0.3, -0.25) is 4.79 Å². The Morgan fingerprint density at radius 1 is 0.821 bits per heavy atom. The maximum absolute atomic E-state index is 12.8. The van der Waals surface area contributed by atoms with Gasteiger partial charge in [-0.15, -0.1) is 0 Å². The highest BCUT2D eigenvalue weighted by atomic mass is 16.6. The van der Waals surface area contributed by atoms with Crippen molar-refractivity contribution in [2.45, 2.75) is 45.1 Å². The average Bonchev–Trinajstić information content (AvgIpc) is 2.65. The Morgan fingerprint density at radius 2 is 1.29 bits per heavy atom. The van der Waals surface area contributed by atoms with Gasteiger partial charge in [0.05, 0.1) is 5.92 Å². The summed E-state index contributed by atoms with van der Waals surface area (Å²) in [5.74, 6) is -0.347. The lowest BCUT2D eigenvalue weighted by Gasteiger charge is -2.19. The van der Waals surface area contributed by atoms with Crippen molar-refractivity contribution in [3.8, 4) is 0 Å². The summed E-state index contributed by atoms with van der Waals surface area (Å²) < 4.78 is 5.19. The van der Waals surface area contributed by atoms with Crippen LogP contribution in [-0.4, -0.2) is 30.7 Å². The zero-order chi connectivity index (χ0) is 20.4. The highest BCUT2D eigenvalue weighted by molar-refractivity contribution is 5.87. The van der Waals surface area contributed by atoms with Crippen LogP contribution in [-0.2, 0) is 9.53 Å². The van der Waals surface area contributed by atoms with Crippen molar-refractivity contribution in [2.75, 3.05) is 13.1 Å². The van der Waals surface area contributed by atoms with E-state index < -0.39 is 11.7 Å².